The van der Waals surface area contributed by atoms with Gasteiger partial charge in [0.25, 0.3) is 15.5 Å². The summed E-state index contributed by atoms with van der Waals surface area (Å²) in [6.07, 6.45) is -3.05. The molecular formula is C6H2Cl2F3NO2S. The Bertz CT molecular complexity index is 491. The third kappa shape index (κ3) is 2.73. The van der Waals surface area contributed by atoms with Gasteiger partial charge in [-0.1, -0.05) is 11.6 Å². The van der Waals surface area contributed by atoms with E-state index in [0.29, 0.717) is 0 Å². The molecule has 0 aliphatic rings. The Labute approximate surface area is 92.2 Å². The first-order chi connectivity index (χ1) is 6.73. The minimum Gasteiger partial charge on any atom is -0.220 e. The topological polar surface area (TPSA) is 47.0 Å². The highest BCUT2D eigenvalue weighted by Gasteiger charge is 2.23. The van der Waals surface area contributed by atoms with Crippen molar-refractivity contribution in [3.05, 3.63) is 22.6 Å². The fraction of sp³-hybridized carbons (Fsp3) is 0.167. The summed E-state index contributed by atoms with van der Waals surface area (Å²) in [6.45, 7) is 0. The molecule has 0 saturated carbocycles. The minimum absolute atomic E-state index is 0.287. The molecule has 0 aromatic carbocycles. The molecule has 0 aliphatic heterocycles. The van der Waals surface area contributed by atoms with Crippen LogP contribution in [0.4, 0.5) is 13.2 Å². The molecule has 1 rings (SSSR count). The van der Waals surface area contributed by atoms with Crippen molar-refractivity contribution in [2.24, 2.45) is 0 Å². The molecule has 0 spiro atoms. The van der Waals surface area contributed by atoms with Crippen molar-refractivity contribution in [3.63, 3.8) is 0 Å². The van der Waals surface area contributed by atoms with Crippen LogP contribution in [0.2, 0.25) is 5.15 Å². The number of nitrogens with zero attached hydrogens (tertiary/aromatic N) is 1. The molecule has 9 heteroatoms. The predicted octanol–water partition coefficient (Wildman–Crippen LogP) is 2.74. The lowest BCUT2D eigenvalue weighted by Crippen LogP contribution is -2.02. The summed E-state index contributed by atoms with van der Waals surface area (Å²) in [4.78, 5) is 2.96. The maximum Gasteiger partial charge on any atom is 0.281 e. The van der Waals surface area contributed by atoms with Gasteiger partial charge in [0.2, 0.25) is 5.03 Å². The molecule has 0 fully saturated rings. The van der Waals surface area contributed by atoms with E-state index in [0.717, 1.165) is 0 Å². The lowest BCUT2D eigenvalue weighted by molar-refractivity contribution is 0.150. The summed E-state index contributed by atoms with van der Waals surface area (Å²) in [5.41, 5.74) is -0.891. The third-order valence-corrected chi connectivity index (χ3v) is 2.88. The largest absolute Gasteiger partial charge is 0.281 e. The monoisotopic (exact) mass is 279 g/mol. The highest BCUT2D eigenvalue weighted by atomic mass is 35.7. The second-order valence-electron chi connectivity index (χ2n) is 2.39. The van der Waals surface area contributed by atoms with Crippen LogP contribution in [0.25, 0.3) is 0 Å². The molecule has 0 bridgehead atoms. The summed E-state index contributed by atoms with van der Waals surface area (Å²) in [6, 6.07) is 0.287. The van der Waals surface area contributed by atoms with Crippen LogP contribution < -0.4 is 0 Å². The molecule has 3 nitrogen and oxygen atoms in total. The number of aromatic nitrogens is 1. The standard InChI is InChI=1S/C6H2Cl2F3NO2S/c7-4-2(5(10)11)1-3(9)6(12-4)15(8,13)14/h1,5H. The van der Waals surface area contributed by atoms with Crippen molar-refractivity contribution in [2.75, 3.05) is 0 Å². The van der Waals surface area contributed by atoms with Crippen LogP contribution in [-0.4, -0.2) is 13.4 Å². The first-order valence-electron chi connectivity index (χ1n) is 3.32. The molecule has 0 N–H and O–H groups in total. The van der Waals surface area contributed by atoms with Gasteiger partial charge in [0, 0.05) is 10.7 Å². The van der Waals surface area contributed by atoms with Crippen LogP contribution in [0.5, 0.6) is 0 Å². The zero-order valence-corrected chi connectivity index (χ0v) is 9.04. The van der Waals surface area contributed by atoms with E-state index in [9.17, 15) is 21.6 Å². The van der Waals surface area contributed by atoms with E-state index in [4.69, 9.17) is 22.3 Å². The van der Waals surface area contributed by atoms with Crippen molar-refractivity contribution >= 4 is 31.3 Å². The van der Waals surface area contributed by atoms with Crippen molar-refractivity contribution in [2.45, 2.75) is 11.5 Å². The fourth-order valence-electron chi connectivity index (χ4n) is 0.789. The number of pyridine rings is 1. The van der Waals surface area contributed by atoms with Crippen LogP contribution in [0.3, 0.4) is 0 Å². The Morgan fingerprint density at radius 2 is 1.93 bits per heavy atom. The van der Waals surface area contributed by atoms with Gasteiger partial charge in [0.15, 0.2) is 5.82 Å². The second-order valence-corrected chi connectivity index (χ2v) is 5.23. The molecule has 0 saturated heterocycles. The average Bonchev–Trinajstić information content (AvgIpc) is 2.06. The van der Waals surface area contributed by atoms with E-state index in [1.807, 2.05) is 0 Å². The Balaban J connectivity index is 3.46. The van der Waals surface area contributed by atoms with Crippen LogP contribution in [0.1, 0.15) is 12.0 Å². The van der Waals surface area contributed by atoms with E-state index in [-0.39, 0.29) is 6.07 Å². The zero-order chi connectivity index (χ0) is 11.8. The van der Waals surface area contributed by atoms with E-state index < -0.39 is 37.0 Å². The smallest absolute Gasteiger partial charge is 0.220 e. The molecule has 0 unspecified atom stereocenters. The molecule has 1 heterocycles. The van der Waals surface area contributed by atoms with Crippen molar-refractivity contribution in [1.82, 2.24) is 4.98 Å². The summed E-state index contributed by atoms with van der Waals surface area (Å²) < 4.78 is 58.7. The highest BCUT2D eigenvalue weighted by molar-refractivity contribution is 8.13. The van der Waals surface area contributed by atoms with Gasteiger partial charge < -0.3 is 0 Å². The molecule has 0 radical (unpaired) electrons. The maximum atomic E-state index is 13.0. The third-order valence-electron chi connectivity index (χ3n) is 1.39. The number of rotatable bonds is 2. The number of alkyl halides is 2. The van der Waals surface area contributed by atoms with Gasteiger partial charge in [-0.15, -0.1) is 0 Å². The SMILES string of the molecule is O=S(=O)(Cl)c1nc(Cl)c(C(F)F)cc1F. The molecule has 1 aromatic heterocycles. The normalized spacial score (nSPS) is 12.1. The Hall–Kier alpha value is -0.530. The zero-order valence-electron chi connectivity index (χ0n) is 6.72. The van der Waals surface area contributed by atoms with E-state index in [1.54, 1.807) is 0 Å². The predicted molar refractivity (Wildman–Crippen MR) is 47.2 cm³/mol. The van der Waals surface area contributed by atoms with Gasteiger partial charge in [-0.25, -0.2) is 26.6 Å². The lowest BCUT2D eigenvalue weighted by Gasteiger charge is -2.04. The number of hydrogen-bond acceptors (Lipinski definition) is 3. The van der Waals surface area contributed by atoms with Crippen molar-refractivity contribution < 1.29 is 21.6 Å². The Morgan fingerprint density at radius 1 is 1.40 bits per heavy atom. The first-order valence-corrected chi connectivity index (χ1v) is 6.01. The van der Waals surface area contributed by atoms with Crippen molar-refractivity contribution in [1.29, 1.82) is 0 Å². The van der Waals surface area contributed by atoms with E-state index in [1.165, 1.54) is 0 Å². The molecule has 0 aliphatic carbocycles. The second kappa shape index (κ2) is 4.15. The van der Waals surface area contributed by atoms with Crippen LogP contribution in [0, 0.1) is 5.82 Å². The van der Waals surface area contributed by atoms with E-state index >= 15 is 0 Å². The molecule has 84 valence electrons. The molecule has 1 aromatic rings. The van der Waals surface area contributed by atoms with Gasteiger partial charge in [0.05, 0.1) is 5.56 Å². The van der Waals surface area contributed by atoms with Crippen molar-refractivity contribution in [3.8, 4) is 0 Å². The molecular weight excluding hydrogens is 278 g/mol. The maximum absolute atomic E-state index is 13.0. The number of hydrogen-bond donors (Lipinski definition) is 0. The van der Waals surface area contributed by atoms with Crippen LogP contribution in [-0.2, 0) is 9.05 Å². The quantitative estimate of drug-likeness (QED) is 0.618. The summed E-state index contributed by atoms with van der Waals surface area (Å²) >= 11 is 5.22. The molecule has 15 heavy (non-hydrogen) atoms. The number of halogens is 5. The van der Waals surface area contributed by atoms with Gasteiger partial charge >= 0.3 is 0 Å². The molecule has 0 atom stereocenters. The fourth-order valence-corrected chi connectivity index (χ4v) is 1.88. The summed E-state index contributed by atoms with van der Waals surface area (Å²) in [7, 11) is 0.350. The summed E-state index contributed by atoms with van der Waals surface area (Å²) in [5.74, 6) is -1.47. The van der Waals surface area contributed by atoms with Gasteiger partial charge in [-0.2, -0.15) is 0 Å². The first kappa shape index (κ1) is 12.5. The lowest BCUT2D eigenvalue weighted by atomic mass is 10.3. The highest BCUT2D eigenvalue weighted by Crippen LogP contribution is 2.29. The Morgan fingerprint density at radius 3 is 2.33 bits per heavy atom. The van der Waals surface area contributed by atoms with E-state index in [2.05, 4.69) is 4.98 Å². The van der Waals surface area contributed by atoms with Gasteiger partial charge in [0.1, 0.15) is 5.15 Å². The van der Waals surface area contributed by atoms with Gasteiger partial charge in [-0.05, 0) is 6.07 Å². The van der Waals surface area contributed by atoms with Crippen LogP contribution in [0.15, 0.2) is 11.1 Å². The van der Waals surface area contributed by atoms with Gasteiger partial charge in [-0.3, -0.25) is 0 Å². The molecule has 0 amide bonds. The van der Waals surface area contributed by atoms with Crippen LogP contribution >= 0.6 is 22.3 Å². The average molecular weight is 280 g/mol. The Kier molecular flexibility index (Phi) is 3.47. The summed E-state index contributed by atoms with van der Waals surface area (Å²) in [5, 5.41) is -1.97. The minimum atomic E-state index is -4.44.